The van der Waals surface area contributed by atoms with Crippen molar-refractivity contribution in [3.63, 3.8) is 0 Å². The van der Waals surface area contributed by atoms with Gasteiger partial charge in [0, 0.05) is 25.7 Å². The first-order valence-electron chi connectivity index (χ1n) is 8.99. The molecule has 3 rings (SSSR count). The topological polar surface area (TPSA) is 44.4 Å². The molecule has 1 aliphatic heterocycles. The van der Waals surface area contributed by atoms with E-state index in [-0.39, 0.29) is 11.9 Å². The molecule has 1 fully saturated rings. The number of aryl methyl sites for hydroxylation is 2. The van der Waals surface area contributed by atoms with Gasteiger partial charge in [0.15, 0.2) is 0 Å². The maximum atomic E-state index is 12.4. The Kier molecular flexibility index (Phi) is 5.34. The summed E-state index contributed by atoms with van der Waals surface area (Å²) in [5.41, 5.74) is 4.20. The molecule has 0 spiro atoms. The van der Waals surface area contributed by atoms with Crippen molar-refractivity contribution in [2.24, 2.45) is 0 Å². The predicted octanol–water partition coefficient (Wildman–Crippen LogP) is 2.04. The van der Waals surface area contributed by atoms with E-state index in [2.05, 4.69) is 47.6 Å². The van der Waals surface area contributed by atoms with E-state index in [4.69, 9.17) is 0 Å². The summed E-state index contributed by atoms with van der Waals surface area (Å²) in [5, 5.41) is 6.53. The molecule has 0 bridgehead atoms. The molecule has 1 heterocycles. The highest BCUT2D eigenvalue weighted by Crippen LogP contribution is 2.24. The lowest BCUT2D eigenvalue weighted by atomic mass is 9.89. The van der Waals surface area contributed by atoms with Crippen molar-refractivity contribution < 1.29 is 4.79 Å². The largest absolute Gasteiger partial charge is 0.348 e. The fraction of sp³-hybridized carbons (Fsp3) is 0.632. The van der Waals surface area contributed by atoms with Crippen LogP contribution >= 0.6 is 0 Å². The number of hydrogen-bond donors (Lipinski definition) is 2. The van der Waals surface area contributed by atoms with Crippen molar-refractivity contribution in [2.75, 3.05) is 26.2 Å². The van der Waals surface area contributed by atoms with Crippen molar-refractivity contribution in [2.45, 2.75) is 51.6 Å². The number of carbonyl (C=O) groups is 1. The molecule has 1 unspecified atom stereocenters. The third-order valence-corrected chi connectivity index (χ3v) is 5.24. The van der Waals surface area contributed by atoms with E-state index >= 15 is 0 Å². The second-order valence-electron chi connectivity index (χ2n) is 7.05. The number of hydrogen-bond acceptors (Lipinski definition) is 3. The standard InChI is InChI=1S/C19H29N3O/c1-14-12-20-9-10-22(14)13-19(23)21-15(2)17-8-7-16-5-3-4-6-18(16)11-17/h7-8,11,14-15,20H,3-6,9-10,12-13H2,1-2H3,(H,21,23)/t14-,15?/m1/s1. The van der Waals surface area contributed by atoms with E-state index in [9.17, 15) is 4.79 Å². The number of carbonyl (C=O) groups excluding carboxylic acids is 1. The Morgan fingerprint density at radius 1 is 1.35 bits per heavy atom. The normalized spacial score (nSPS) is 23.1. The lowest BCUT2D eigenvalue weighted by Crippen LogP contribution is -2.52. The summed E-state index contributed by atoms with van der Waals surface area (Å²) in [6.45, 7) is 7.64. The number of benzene rings is 1. The van der Waals surface area contributed by atoms with E-state index in [0.29, 0.717) is 12.6 Å². The van der Waals surface area contributed by atoms with Crippen molar-refractivity contribution in [3.8, 4) is 0 Å². The number of amides is 1. The summed E-state index contributed by atoms with van der Waals surface area (Å²) < 4.78 is 0. The SMILES string of the molecule is CC(NC(=O)CN1CCNC[C@H]1C)c1ccc2c(c1)CCCC2. The Bertz CT molecular complexity index is 558. The highest BCUT2D eigenvalue weighted by Gasteiger charge is 2.21. The Morgan fingerprint density at radius 2 is 2.13 bits per heavy atom. The Balaban J connectivity index is 1.57. The van der Waals surface area contributed by atoms with Gasteiger partial charge in [-0.05, 0) is 56.2 Å². The minimum Gasteiger partial charge on any atom is -0.348 e. The third kappa shape index (κ3) is 4.12. The Hall–Kier alpha value is -1.39. The maximum Gasteiger partial charge on any atom is 0.234 e. The average Bonchev–Trinajstić information content (AvgIpc) is 2.56. The number of fused-ring (bicyclic) bond motifs is 1. The second kappa shape index (κ2) is 7.45. The van der Waals surface area contributed by atoms with Crippen LogP contribution in [-0.2, 0) is 17.6 Å². The molecule has 0 aromatic heterocycles. The highest BCUT2D eigenvalue weighted by molar-refractivity contribution is 5.78. The molecule has 2 atom stereocenters. The van der Waals surface area contributed by atoms with Crippen LogP contribution in [-0.4, -0.2) is 43.0 Å². The fourth-order valence-electron chi connectivity index (χ4n) is 3.70. The van der Waals surface area contributed by atoms with Gasteiger partial charge < -0.3 is 10.6 Å². The second-order valence-corrected chi connectivity index (χ2v) is 7.05. The van der Waals surface area contributed by atoms with E-state index in [1.165, 1.54) is 42.4 Å². The van der Waals surface area contributed by atoms with E-state index < -0.39 is 0 Å². The van der Waals surface area contributed by atoms with Crippen LogP contribution in [0.15, 0.2) is 18.2 Å². The van der Waals surface area contributed by atoms with Gasteiger partial charge in [0.2, 0.25) is 5.91 Å². The van der Waals surface area contributed by atoms with Crippen LogP contribution in [0, 0.1) is 0 Å². The molecule has 2 N–H and O–H groups in total. The van der Waals surface area contributed by atoms with Crippen molar-refractivity contribution in [3.05, 3.63) is 34.9 Å². The number of nitrogens with one attached hydrogen (secondary N) is 2. The van der Waals surface area contributed by atoms with Gasteiger partial charge in [0.1, 0.15) is 0 Å². The van der Waals surface area contributed by atoms with Gasteiger partial charge in [0.05, 0.1) is 12.6 Å². The molecule has 1 aliphatic carbocycles. The molecular weight excluding hydrogens is 286 g/mol. The molecule has 4 nitrogen and oxygen atoms in total. The summed E-state index contributed by atoms with van der Waals surface area (Å²) in [4.78, 5) is 14.6. The third-order valence-electron chi connectivity index (χ3n) is 5.24. The van der Waals surface area contributed by atoms with Gasteiger partial charge >= 0.3 is 0 Å². The molecular formula is C19H29N3O. The number of piperazine rings is 1. The zero-order chi connectivity index (χ0) is 16.2. The molecule has 4 heteroatoms. The minimum atomic E-state index is 0.0768. The number of rotatable bonds is 4. The molecule has 126 valence electrons. The monoisotopic (exact) mass is 315 g/mol. The zero-order valence-corrected chi connectivity index (χ0v) is 14.4. The molecule has 1 amide bonds. The summed E-state index contributed by atoms with van der Waals surface area (Å²) in [6, 6.07) is 7.24. The molecule has 0 radical (unpaired) electrons. The van der Waals surface area contributed by atoms with Crippen molar-refractivity contribution in [1.82, 2.24) is 15.5 Å². The molecule has 1 saturated heterocycles. The summed E-state index contributed by atoms with van der Waals surface area (Å²) in [7, 11) is 0. The first-order chi connectivity index (χ1) is 11.1. The minimum absolute atomic E-state index is 0.0768. The molecule has 2 aliphatic rings. The van der Waals surface area contributed by atoms with Gasteiger partial charge in [-0.1, -0.05) is 18.2 Å². The van der Waals surface area contributed by atoms with Gasteiger partial charge in [-0.2, -0.15) is 0 Å². The average molecular weight is 315 g/mol. The van der Waals surface area contributed by atoms with E-state index in [1.807, 2.05) is 0 Å². The van der Waals surface area contributed by atoms with Crippen LogP contribution in [0.2, 0.25) is 0 Å². The van der Waals surface area contributed by atoms with Crippen LogP contribution in [0.25, 0.3) is 0 Å². The molecule has 0 saturated carbocycles. The smallest absolute Gasteiger partial charge is 0.234 e. The number of nitrogens with zero attached hydrogens (tertiary/aromatic N) is 1. The predicted molar refractivity (Wildman–Crippen MR) is 93.5 cm³/mol. The van der Waals surface area contributed by atoms with Gasteiger partial charge in [-0.3, -0.25) is 9.69 Å². The van der Waals surface area contributed by atoms with Crippen LogP contribution in [0.4, 0.5) is 0 Å². The lowest BCUT2D eigenvalue weighted by molar-refractivity contribution is -0.123. The van der Waals surface area contributed by atoms with Crippen molar-refractivity contribution in [1.29, 1.82) is 0 Å². The first kappa shape index (κ1) is 16.5. The van der Waals surface area contributed by atoms with E-state index in [0.717, 1.165) is 19.6 Å². The van der Waals surface area contributed by atoms with Gasteiger partial charge in [-0.15, -0.1) is 0 Å². The molecule has 23 heavy (non-hydrogen) atoms. The fourth-order valence-corrected chi connectivity index (χ4v) is 3.70. The highest BCUT2D eigenvalue weighted by atomic mass is 16.2. The van der Waals surface area contributed by atoms with Crippen LogP contribution in [0.5, 0.6) is 0 Å². The molecule has 1 aromatic rings. The first-order valence-corrected chi connectivity index (χ1v) is 8.99. The zero-order valence-electron chi connectivity index (χ0n) is 14.4. The quantitative estimate of drug-likeness (QED) is 0.894. The maximum absolute atomic E-state index is 12.4. The summed E-state index contributed by atoms with van der Waals surface area (Å²) in [5.74, 6) is 0.129. The van der Waals surface area contributed by atoms with Crippen LogP contribution < -0.4 is 10.6 Å². The van der Waals surface area contributed by atoms with Crippen LogP contribution in [0.3, 0.4) is 0 Å². The Morgan fingerprint density at radius 3 is 2.91 bits per heavy atom. The van der Waals surface area contributed by atoms with Crippen LogP contribution in [0.1, 0.15) is 49.4 Å². The van der Waals surface area contributed by atoms with E-state index in [1.54, 1.807) is 0 Å². The van der Waals surface area contributed by atoms with Gasteiger partial charge in [0.25, 0.3) is 0 Å². The summed E-state index contributed by atoms with van der Waals surface area (Å²) >= 11 is 0. The lowest BCUT2D eigenvalue weighted by Gasteiger charge is -2.33. The van der Waals surface area contributed by atoms with Crippen molar-refractivity contribution >= 4 is 5.91 Å². The molecule has 1 aromatic carbocycles. The summed E-state index contributed by atoms with van der Waals surface area (Å²) in [6.07, 6.45) is 4.99. The van der Waals surface area contributed by atoms with Gasteiger partial charge in [-0.25, -0.2) is 0 Å². The Labute approximate surface area is 139 Å².